The third kappa shape index (κ3) is 3.31. The molecule has 0 radical (unpaired) electrons. The van der Waals surface area contributed by atoms with Gasteiger partial charge in [0.15, 0.2) is 5.82 Å². The Hall–Kier alpha value is -3.15. The number of aryl methyl sites for hydroxylation is 1. The number of benzene rings is 1. The summed E-state index contributed by atoms with van der Waals surface area (Å²) in [7, 11) is 0. The maximum absolute atomic E-state index is 12.6. The molecule has 0 aliphatic carbocycles. The van der Waals surface area contributed by atoms with Crippen LogP contribution in [0.4, 0.5) is 0 Å². The van der Waals surface area contributed by atoms with Gasteiger partial charge in [-0.05, 0) is 30.7 Å². The lowest BCUT2D eigenvalue weighted by Gasteiger charge is -2.15. The quantitative estimate of drug-likeness (QED) is 0.675. The van der Waals surface area contributed by atoms with Crippen molar-refractivity contribution in [1.82, 2.24) is 15.0 Å². The van der Waals surface area contributed by atoms with Crippen molar-refractivity contribution >= 4 is 12.0 Å². The van der Waals surface area contributed by atoms with E-state index in [-0.39, 0.29) is 17.7 Å². The molecule has 0 spiro atoms. The molecule has 2 aromatic heterocycles. The number of nitrogens with zero attached hydrogens (tertiary/aromatic N) is 3. The van der Waals surface area contributed by atoms with E-state index in [0.29, 0.717) is 30.6 Å². The minimum atomic E-state index is -0.0546. The lowest BCUT2D eigenvalue weighted by atomic mass is 9.89. The molecule has 1 aliphatic rings. The molecule has 3 aromatic rings. The van der Waals surface area contributed by atoms with Gasteiger partial charge in [0.25, 0.3) is 0 Å². The van der Waals surface area contributed by atoms with Gasteiger partial charge in [-0.3, -0.25) is 4.79 Å². The second-order valence-electron chi connectivity index (χ2n) is 6.40. The Morgan fingerprint density at radius 3 is 2.65 bits per heavy atom. The Balaban J connectivity index is 1.57. The van der Waals surface area contributed by atoms with E-state index in [1.54, 1.807) is 31.4 Å². The molecule has 6 heteroatoms. The van der Waals surface area contributed by atoms with E-state index in [0.717, 1.165) is 0 Å². The lowest BCUT2D eigenvalue weighted by molar-refractivity contribution is -0.125. The predicted molar refractivity (Wildman–Crippen MR) is 95.3 cm³/mol. The highest BCUT2D eigenvalue weighted by molar-refractivity contribution is 5.91. The normalized spacial score (nSPS) is 20.1. The van der Waals surface area contributed by atoms with Crippen molar-refractivity contribution in [2.24, 2.45) is 0 Å². The molecule has 1 aliphatic heterocycles. The van der Waals surface area contributed by atoms with Gasteiger partial charge in [-0.25, -0.2) is 0 Å². The average Bonchev–Trinajstić information content (AvgIpc) is 3.40. The van der Waals surface area contributed by atoms with Crippen LogP contribution in [0.3, 0.4) is 0 Å². The highest BCUT2D eigenvalue weighted by Gasteiger charge is 2.39. The van der Waals surface area contributed by atoms with Crippen LogP contribution in [-0.2, 0) is 4.79 Å². The van der Waals surface area contributed by atoms with Crippen LogP contribution >= 0.6 is 0 Å². The van der Waals surface area contributed by atoms with Crippen molar-refractivity contribution < 1.29 is 13.7 Å². The molecule has 1 saturated heterocycles. The molecule has 0 unspecified atom stereocenters. The van der Waals surface area contributed by atoms with Gasteiger partial charge in [0, 0.05) is 25.1 Å². The summed E-state index contributed by atoms with van der Waals surface area (Å²) in [6.07, 6.45) is 4.81. The fourth-order valence-corrected chi connectivity index (χ4v) is 3.38. The third-order valence-corrected chi connectivity index (χ3v) is 4.65. The number of furan rings is 1. The number of rotatable bonds is 4. The standard InChI is InChI=1S/C20H19N3O3/c1-14-21-20(26-22-14)18-13-23(12-17(18)15-6-3-2-4-7-15)19(24)10-9-16-8-5-11-25-16/h2-11,17-18H,12-13H2,1H3/b10-9+/t17-,18-/m1/s1. The molecule has 0 N–H and O–H groups in total. The SMILES string of the molecule is Cc1noc([C@@H]2CN(C(=O)/C=C/c3ccco3)C[C@@H]2c2ccccc2)n1. The first kappa shape index (κ1) is 16.3. The van der Waals surface area contributed by atoms with E-state index in [1.165, 1.54) is 5.56 Å². The first-order valence-corrected chi connectivity index (χ1v) is 8.56. The minimum Gasteiger partial charge on any atom is -0.465 e. The maximum Gasteiger partial charge on any atom is 0.246 e. The number of likely N-dealkylation sites (tertiary alicyclic amines) is 1. The largest absolute Gasteiger partial charge is 0.465 e. The lowest BCUT2D eigenvalue weighted by Crippen LogP contribution is -2.26. The molecule has 26 heavy (non-hydrogen) atoms. The molecule has 132 valence electrons. The van der Waals surface area contributed by atoms with Gasteiger partial charge in [-0.1, -0.05) is 35.5 Å². The van der Waals surface area contributed by atoms with Gasteiger partial charge in [-0.15, -0.1) is 0 Å². The second-order valence-corrected chi connectivity index (χ2v) is 6.40. The van der Waals surface area contributed by atoms with Crippen LogP contribution in [0.2, 0.25) is 0 Å². The fourth-order valence-electron chi connectivity index (χ4n) is 3.38. The topological polar surface area (TPSA) is 72.4 Å². The number of aromatic nitrogens is 2. The summed E-state index contributed by atoms with van der Waals surface area (Å²) in [5.41, 5.74) is 1.17. The highest BCUT2D eigenvalue weighted by Crippen LogP contribution is 2.39. The monoisotopic (exact) mass is 349 g/mol. The zero-order chi connectivity index (χ0) is 17.9. The average molecular weight is 349 g/mol. The maximum atomic E-state index is 12.6. The Bertz CT molecular complexity index is 900. The van der Waals surface area contributed by atoms with Crippen molar-refractivity contribution in [1.29, 1.82) is 0 Å². The molecule has 2 atom stereocenters. The molecule has 1 fully saturated rings. The Labute approximate surface area is 151 Å². The van der Waals surface area contributed by atoms with Gasteiger partial charge in [-0.2, -0.15) is 4.98 Å². The molecule has 1 aromatic carbocycles. The molecule has 4 rings (SSSR count). The van der Waals surface area contributed by atoms with E-state index < -0.39 is 0 Å². The van der Waals surface area contributed by atoms with Crippen molar-refractivity contribution in [2.75, 3.05) is 13.1 Å². The van der Waals surface area contributed by atoms with Gasteiger partial charge in [0.05, 0.1) is 12.2 Å². The van der Waals surface area contributed by atoms with Crippen LogP contribution in [0.5, 0.6) is 0 Å². The van der Waals surface area contributed by atoms with Crippen LogP contribution in [0.15, 0.2) is 63.7 Å². The fraction of sp³-hybridized carbons (Fsp3) is 0.250. The summed E-state index contributed by atoms with van der Waals surface area (Å²) in [6.45, 7) is 2.95. The Kier molecular flexibility index (Phi) is 4.39. The van der Waals surface area contributed by atoms with Crippen LogP contribution in [0.1, 0.15) is 34.9 Å². The Morgan fingerprint density at radius 2 is 1.96 bits per heavy atom. The second kappa shape index (κ2) is 7.00. The van der Waals surface area contributed by atoms with E-state index >= 15 is 0 Å². The van der Waals surface area contributed by atoms with E-state index in [9.17, 15) is 4.79 Å². The summed E-state index contributed by atoms with van der Waals surface area (Å²) in [6, 6.07) is 13.8. The minimum absolute atomic E-state index is 0.0143. The summed E-state index contributed by atoms with van der Waals surface area (Å²) in [4.78, 5) is 18.9. The number of hydrogen-bond acceptors (Lipinski definition) is 5. The van der Waals surface area contributed by atoms with Gasteiger partial charge >= 0.3 is 0 Å². The van der Waals surface area contributed by atoms with Crippen LogP contribution in [0, 0.1) is 6.92 Å². The first-order chi connectivity index (χ1) is 12.7. The summed E-state index contributed by atoms with van der Waals surface area (Å²) >= 11 is 0. The van der Waals surface area contributed by atoms with Gasteiger partial charge in [0.1, 0.15) is 5.76 Å². The van der Waals surface area contributed by atoms with Crippen molar-refractivity contribution in [3.05, 3.63) is 77.8 Å². The Morgan fingerprint density at radius 1 is 1.15 bits per heavy atom. The van der Waals surface area contributed by atoms with Crippen LogP contribution < -0.4 is 0 Å². The van der Waals surface area contributed by atoms with Crippen LogP contribution in [-0.4, -0.2) is 34.0 Å². The van der Waals surface area contributed by atoms with Crippen molar-refractivity contribution in [3.63, 3.8) is 0 Å². The van der Waals surface area contributed by atoms with Crippen molar-refractivity contribution in [3.8, 4) is 0 Å². The summed E-state index contributed by atoms with van der Waals surface area (Å²) in [5, 5.41) is 3.91. The van der Waals surface area contributed by atoms with E-state index in [2.05, 4.69) is 22.3 Å². The molecular weight excluding hydrogens is 330 g/mol. The van der Waals surface area contributed by atoms with E-state index in [1.807, 2.05) is 29.2 Å². The molecule has 6 nitrogen and oxygen atoms in total. The summed E-state index contributed by atoms with van der Waals surface area (Å²) < 4.78 is 10.7. The molecule has 0 bridgehead atoms. The molecule has 3 heterocycles. The number of carbonyl (C=O) groups is 1. The smallest absolute Gasteiger partial charge is 0.246 e. The number of carbonyl (C=O) groups excluding carboxylic acids is 1. The highest BCUT2D eigenvalue weighted by atomic mass is 16.5. The number of hydrogen-bond donors (Lipinski definition) is 0. The third-order valence-electron chi connectivity index (χ3n) is 4.65. The van der Waals surface area contributed by atoms with Crippen LogP contribution in [0.25, 0.3) is 6.08 Å². The predicted octanol–water partition coefficient (Wildman–Crippen LogP) is 3.39. The van der Waals surface area contributed by atoms with E-state index in [4.69, 9.17) is 8.94 Å². The first-order valence-electron chi connectivity index (χ1n) is 8.56. The van der Waals surface area contributed by atoms with Crippen molar-refractivity contribution in [2.45, 2.75) is 18.8 Å². The zero-order valence-electron chi connectivity index (χ0n) is 14.4. The molecular formula is C20H19N3O3. The molecule has 0 saturated carbocycles. The molecule has 1 amide bonds. The zero-order valence-corrected chi connectivity index (χ0v) is 14.4. The summed E-state index contributed by atoms with van der Waals surface area (Å²) in [5.74, 6) is 1.90. The number of amides is 1. The van der Waals surface area contributed by atoms with Gasteiger partial charge in [0.2, 0.25) is 11.8 Å². The van der Waals surface area contributed by atoms with Gasteiger partial charge < -0.3 is 13.8 Å².